The highest BCUT2D eigenvalue weighted by atomic mass is 127. The maximum atomic E-state index is 12.6. The number of para-hydroxylation sites is 1. The highest BCUT2D eigenvalue weighted by Crippen LogP contribution is 2.21. The Morgan fingerprint density at radius 3 is 2.34 bits per heavy atom. The van der Waals surface area contributed by atoms with Crippen LogP contribution in [-0.2, 0) is 6.61 Å². The average Bonchev–Trinajstić information content (AvgIpc) is 2.82. The van der Waals surface area contributed by atoms with Crippen molar-refractivity contribution in [2.45, 2.75) is 6.61 Å². The van der Waals surface area contributed by atoms with Crippen LogP contribution in [0.15, 0.2) is 72.8 Å². The first-order chi connectivity index (χ1) is 15.5. The van der Waals surface area contributed by atoms with E-state index >= 15 is 0 Å². The molecule has 3 rings (SSSR count). The summed E-state index contributed by atoms with van der Waals surface area (Å²) in [5, 5.41) is 2.48. The van der Waals surface area contributed by atoms with Gasteiger partial charge >= 0.3 is 0 Å². The van der Waals surface area contributed by atoms with Crippen LogP contribution in [0.25, 0.3) is 0 Å². The van der Waals surface area contributed by atoms with Gasteiger partial charge in [-0.2, -0.15) is 0 Å². The molecule has 0 aliphatic carbocycles. The molecule has 0 fully saturated rings. The fourth-order valence-electron chi connectivity index (χ4n) is 2.71. The number of hydrogen-bond donors (Lipinski definition) is 3. The topological polar surface area (TPSA) is 88.7 Å². The third-order valence-corrected chi connectivity index (χ3v) is 5.35. The zero-order valence-corrected chi connectivity index (χ0v) is 20.0. The molecular weight excluding hydrogens is 541 g/mol. The minimum atomic E-state index is -0.454. The molecule has 0 radical (unpaired) electrons. The number of ether oxygens (including phenoxy) is 2. The number of rotatable bonds is 6. The van der Waals surface area contributed by atoms with Crippen LogP contribution in [0.2, 0.25) is 0 Å². The molecule has 0 heterocycles. The molecule has 3 N–H and O–H groups in total. The molecule has 0 aliphatic rings. The highest BCUT2D eigenvalue weighted by molar-refractivity contribution is 14.1. The molecule has 0 aromatic heterocycles. The molecular formula is C23H20IN3O4S. The third kappa shape index (κ3) is 6.41. The van der Waals surface area contributed by atoms with E-state index in [0.717, 1.165) is 9.13 Å². The monoisotopic (exact) mass is 561 g/mol. The Balaban J connectivity index is 1.55. The van der Waals surface area contributed by atoms with Crippen LogP contribution in [-0.4, -0.2) is 24.0 Å². The average molecular weight is 561 g/mol. The van der Waals surface area contributed by atoms with Gasteiger partial charge in [0.2, 0.25) is 0 Å². The van der Waals surface area contributed by atoms with E-state index in [9.17, 15) is 9.59 Å². The molecule has 0 atom stereocenters. The first kappa shape index (κ1) is 23.5. The number of hydrogen-bond acceptors (Lipinski definition) is 5. The normalized spacial score (nSPS) is 10.1. The summed E-state index contributed by atoms with van der Waals surface area (Å²) in [5.74, 6) is 0.231. The molecule has 9 heteroatoms. The lowest BCUT2D eigenvalue weighted by Crippen LogP contribution is -2.48. The molecule has 2 amide bonds. The second-order valence-corrected chi connectivity index (χ2v) is 8.05. The van der Waals surface area contributed by atoms with Crippen LogP contribution in [0.1, 0.15) is 26.3 Å². The van der Waals surface area contributed by atoms with Crippen LogP contribution in [0, 0.1) is 3.57 Å². The van der Waals surface area contributed by atoms with Crippen LogP contribution < -0.4 is 25.6 Å². The van der Waals surface area contributed by atoms with Crippen molar-refractivity contribution in [1.29, 1.82) is 0 Å². The maximum Gasteiger partial charge on any atom is 0.273 e. The van der Waals surface area contributed by atoms with Crippen molar-refractivity contribution in [3.05, 3.63) is 93.1 Å². The SMILES string of the molecule is COc1ccc(C(=O)NC(=S)NNC(=O)c2ccccc2OCc2ccccc2)cc1I. The molecule has 0 bridgehead atoms. The van der Waals surface area contributed by atoms with Crippen LogP contribution in [0.5, 0.6) is 11.5 Å². The second-order valence-electron chi connectivity index (χ2n) is 6.48. The van der Waals surface area contributed by atoms with E-state index in [0.29, 0.717) is 29.2 Å². The first-order valence-electron chi connectivity index (χ1n) is 9.49. The molecule has 0 saturated carbocycles. The summed E-state index contributed by atoms with van der Waals surface area (Å²) in [7, 11) is 1.56. The molecule has 164 valence electrons. The largest absolute Gasteiger partial charge is 0.496 e. The highest BCUT2D eigenvalue weighted by Gasteiger charge is 2.14. The van der Waals surface area contributed by atoms with E-state index in [-0.39, 0.29) is 5.11 Å². The quantitative estimate of drug-likeness (QED) is 0.241. The Labute approximate surface area is 204 Å². The zero-order chi connectivity index (χ0) is 22.9. The van der Waals surface area contributed by atoms with Gasteiger partial charge in [-0.15, -0.1) is 0 Å². The number of methoxy groups -OCH3 is 1. The molecule has 3 aromatic carbocycles. The summed E-state index contributed by atoms with van der Waals surface area (Å²) in [4.78, 5) is 25.0. The fourth-order valence-corrected chi connectivity index (χ4v) is 3.59. The van der Waals surface area contributed by atoms with Gasteiger partial charge in [0.25, 0.3) is 11.8 Å². The van der Waals surface area contributed by atoms with Crippen molar-refractivity contribution in [3.8, 4) is 11.5 Å². The minimum Gasteiger partial charge on any atom is -0.496 e. The molecule has 0 aliphatic heterocycles. The molecule has 3 aromatic rings. The molecule has 0 unspecified atom stereocenters. The Morgan fingerprint density at radius 1 is 0.906 bits per heavy atom. The number of carbonyl (C=O) groups excluding carboxylic acids is 2. The van der Waals surface area contributed by atoms with Gasteiger partial charge in [-0.3, -0.25) is 25.8 Å². The van der Waals surface area contributed by atoms with Gasteiger partial charge < -0.3 is 9.47 Å². The van der Waals surface area contributed by atoms with Crippen molar-refractivity contribution >= 4 is 51.7 Å². The number of nitrogens with one attached hydrogen (secondary N) is 3. The van der Waals surface area contributed by atoms with Crippen molar-refractivity contribution in [1.82, 2.24) is 16.2 Å². The Morgan fingerprint density at radius 2 is 1.62 bits per heavy atom. The van der Waals surface area contributed by atoms with Crippen LogP contribution in [0.4, 0.5) is 0 Å². The van der Waals surface area contributed by atoms with Gasteiger partial charge in [0.05, 0.1) is 16.2 Å². The van der Waals surface area contributed by atoms with Crippen LogP contribution >= 0.6 is 34.8 Å². The summed E-state index contributed by atoms with van der Waals surface area (Å²) in [5.41, 5.74) is 6.74. The van der Waals surface area contributed by atoms with Gasteiger partial charge in [-0.1, -0.05) is 42.5 Å². The van der Waals surface area contributed by atoms with E-state index in [2.05, 4.69) is 38.8 Å². The van der Waals surface area contributed by atoms with Crippen molar-refractivity contribution in [2.75, 3.05) is 7.11 Å². The number of halogens is 1. The zero-order valence-electron chi connectivity index (χ0n) is 17.1. The smallest absolute Gasteiger partial charge is 0.273 e. The lowest BCUT2D eigenvalue weighted by atomic mass is 10.2. The predicted octanol–water partition coefficient (Wildman–Crippen LogP) is 3.83. The summed E-state index contributed by atoms with van der Waals surface area (Å²) < 4.78 is 11.8. The molecule has 0 saturated heterocycles. The van der Waals surface area contributed by atoms with Gasteiger partial charge in [-0.05, 0) is 70.7 Å². The number of amides is 2. The third-order valence-electron chi connectivity index (χ3n) is 4.30. The Hall–Kier alpha value is -3.18. The van der Waals surface area contributed by atoms with E-state index < -0.39 is 11.8 Å². The van der Waals surface area contributed by atoms with Gasteiger partial charge in [0.15, 0.2) is 5.11 Å². The predicted molar refractivity (Wildman–Crippen MR) is 134 cm³/mol. The number of benzene rings is 3. The Bertz CT molecular complexity index is 1130. The van der Waals surface area contributed by atoms with Gasteiger partial charge in [0.1, 0.15) is 18.1 Å². The van der Waals surface area contributed by atoms with E-state index in [1.165, 1.54) is 0 Å². The Kier molecular flexibility index (Phi) is 8.40. The summed E-state index contributed by atoms with van der Waals surface area (Å²) in [6, 6.07) is 21.5. The summed E-state index contributed by atoms with van der Waals surface area (Å²) >= 11 is 7.19. The van der Waals surface area contributed by atoms with E-state index in [1.807, 2.05) is 30.3 Å². The van der Waals surface area contributed by atoms with Crippen LogP contribution in [0.3, 0.4) is 0 Å². The summed E-state index contributed by atoms with van der Waals surface area (Å²) in [6.07, 6.45) is 0. The fraction of sp³-hybridized carbons (Fsp3) is 0.0870. The minimum absolute atomic E-state index is 0.0446. The van der Waals surface area contributed by atoms with E-state index in [4.69, 9.17) is 21.7 Å². The number of hydrazine groups is 1. The standard InChI is InChI=1S/C23H20IN3O4S/c1-30-20-12-11-16(13-18(20)24)21(28)25-23(32)27-26-22(29)17-9-5-6-10-19(17)31-14-15-7-3-2-4-8-15/h2-13H,14H2,1H3,(H,26,29)(H2,25,27,28,32). The second kappa shape index (κ2) is 11.4. The van der Waals surface area contributed by atoms with Gasteiger partial charge in [-0.25, -0.2) is 0 Å². The molecule has 32 heavy (non-hydrogen) atoms. The molecule has 0 spiro atoms. The first-order valence-corrected chi connectivity index (χ1v) is 11.0. The molecule has 7 nitrogen and oxygen atoms in total. The maximum absolute atomic E-state index is 12.6. The van der Waals surface area contributed by atoms with Crippen molar-refractivity contribution in [3.63, 3.8) is 0 Å². The van der Waals surface area contributed by atoms with Crippen molar-refractivity contribution < 1.29 is 19.1 Å². The van der Waals surface area contributed by atoms with Gasteiger partial charge in [0, 0.05) is 5.56 Å². The van der Waals surface area contributed by atoms with Crippen molar-refractivity contribution in [2.24, 2.45) is 0 Å². The lowest BCUT2D eigenvalue weighted by molar-refractivity contribution is 0.0930. The summed E-state index contributed by atoms with van der Waals surface area (Å²) in [6.45, 7) is 0.327. The number of carbonyl (C=O) groups is 2. The van der Waals surface area contributed by atoms with E-state index in [1.54, 1.807) is 49.6 Å². The lowest BCUT2D eigenvalue weighted by Gasteiger charge is -2.14. The number of thiocarbonyl (C=S) groups is 1.